The first kappa shape index (κ1) is 7.24. The second-order valence-corrected chi connectivity index (χ2v) is 2.70. The summed E-state index contributed by atoms with van der Waals surface area (Å²) < 4.78 is 12.6. The number of rotatable bonds is 0. The molecule has 1 atom stereocenters. The van der Waals surface area contributed by atoms with Gasteiger partial charge < -0.3 is 11.1 Å². The number of anilines is 1. The molecule has 1 aromatic rings. The Kier molecular flexibility index (Phi) is 1.38. The van der Waals surface area contributed by atoms with E-state index in [9.17, 15) is 9.18 Å². The van der Waals surface area contributed by atoms with E-state index in [2.05, 4.69) is 5.32 Å². The van der Waals surface area contributed by atoms with Crippen LogP contribution in [0, 0.1) is 5.82 Å². The molecule has 1 unspecified atom stereocenters. The van der Waals surface area contributed by atoms with Crippen LogP contribution in [0.1, 0.15) is 11.6 Å². The van der Waals surface area contributed by atoms with Gasteiger partial charge in [0.1, 0.15) is 11.9 Å². The summed E-state index contributed by atoms with van der Waals surface area (Å²) in [6, 6.07) is 3.42. The molecule has 0 aromatic heterocycles. The lowest BCUT2D eigenvalue weighted by molar-refractivity contribution is -0.116. The lowest BCUT2D eigenvalue weighted by Gasteiger charge is -1.99. The second-order valence-electron chi connectivity index (χ2n) is 2.70. The molecule has 0 fully saturated rings. The van der Waals surface area contributed by atoms with Crippen molar-refractivity contribution in [3.8, 4) is 0 Å². The van der Waals surface area contributed by atoms with Gasteiger partial charge in [-0.3, -0.25) is 4.79 Å². The number of halogens is 1. The average molecular weight is 166 g/mol. The van der Waals surface area contributed by atoms with Gasteiger partial charge in [0, 0.05) is 11.3 Å². The minimum absolute atomic E-state index is 0.282. The van der Waals surface area contributed by atoms with Crippen molar-refractivity contribution in [2.24, 2.45) is 5.73 Å². The molecule has 0 bridgehead atoms. The van der Waals surface area contributed by atoms with Crippen molar-refractivity contribution >= 4 is 11.6 Å². The van der Waals surface area contributed by atoms with Crippen LogP contribution in [0.4, 0.5) is 10.1 Å². The van der Waals surface area contributed by atoms with Gasteiger partial charge in [0.15, 0.2) is 0 Å². The Labute approximate surface area is 68.4 Å². The van der Waals surface area contributed by atoms with Crippen molar-refractivity contribution in [1.29, 1.82) is 0 Å². The zero-order chi connectivity index (χ0) is 8.72. The van der Waals surface area contributed by atoms with E-state index in [1.807, 2.05) is 0 Å². The summed E-state index contributed by atoms with van der Waals surface area (Å²) >= 11 is 0. The molecule has 1 heterocycles. The summed E-state index contributed by atoms with van der Waals surface area (Å²) in [6.07, 6.45) is 0. The SMILES string of the molecule is NC1C(=O)Nc2cc(F)ccc21. The van der Waals surface area contributed by atoms with E-state index in [0.29, 0.717) is 11.3 Å². The van der Waals surface area contributed by atoms with Gasteiger partial charge in [-0.25, -0.2) is 4.39 Å². The van der Waals surface area contributed by atoms with Crippen LogP contribution < -0.4 is 11.1 Å². The highest BCUT2D eigenvalue weighted by molar-refractivity contribution is 6.02. The monoisotopic (exact) mass is 166 g/mol. The summed E-state index contributed by atoms with van der Waals surface area (Å²) in [5.74, 6) is -0.654. The molecule has 1 aliphatic rings. The largest absolute Gasteiger partial charge is 0.324 e. The minimum atomic E-state index is -0.652. The first-order valence-corrected chi connectivity index (χ1v) is 3.54. The smallest absolute Gasteiger partial charge is 0.245 e. The van der Waals surface area contributed by atoms with E-state index in [1.54, 1.807) is 0 Å². The van der Waals surface area contributed by atoms with Crippen molar-refractivity contribution in [3.05, 3.63) is 29.6 Å². The minimum Gasteiger partial charge on any atom is -0.324 e. The molecule has 0 saturated heterocycles. The Bertz CT molecular complexity index is 351. The molecule has 62 valence electrons. The zero-order valence-corrected chi connectivity index (χ0v) is 6.17. The van der Waals surface area contributed by atoms with Gasteiger partial charge in [0.2, 0.25) is 5.91 Å². The third kappa shape index (κ3) is 0.887. The highest BCUT2D eigenvalue weighted by atomic mass is 19.1. The molecular formula is C8H7FN2O. The van der Waals surface area contributed by atoms with Gasteiger partial charge >= 0.3 is 0 Å². The van der Waals surface area contributed by atoms with Gasteiger partial charge in [-0.1, -0.05) is 6.07 Å². The molecule has 4 heteroatoms. The third-order valence-electron chi connectivity index (χ3n) is 1.89. The molecule has 1 aliphatic heterocycles. The number of benzene rings is 1. The van der Waals surface area contributed by atoms with Gasteiger partial charge in [-0.15, -0.1) is 0 Å². The van der Waals surface area contributed by atoms with Crippen molar-refractivity contribution in [2.75, 3.05) is 5.32 Å². The van der Waals surface area contributed by atoms with E-state index < -0.39 is 6.04 Å². The highest BCUT2D eigenvalue weighted by Gasteiger charge is 2.26. The van der Waals surface area contributed by atoms with E-state index in [4.69, 9.17) is 5.73 Å². The number of carbonyl (C=O) groups is 1. The van der Waals surface area contributed by atoms with Crippen LogP contribution in [0.3, 0.4) is 0 Å². The van der Waals surface area contributed by atoms with Crippen molar-refractivity contribution in [3.63, 3.8) is 0 Å². The maximum atomic E-state index is 12.6. The molecule has 0 radical (unpaired) electrons. The van der Waals surface area contributed by atoms with E-state index in [-0.39, 0.29) is 11.7 Å². The van der Waals surface area contributed by atoms with Crippen LogP contribution in [0.2, 0.25) is 0 Å². The number of fused-ring (bicyclic) bond motifs is 1. The summed E-state index contributed by atoms with van der Waals surface area (Å²) in [5.41, 5.74) is 6.64. The number of hydrogen-bond acceptors (Lipinski definition) is 2. The molecule has 2 rings (SSSR count). The van der Waals surface area contributed by atoms with Crippen molar-refractivity contribution < 1.29 is 9.18 Å². The van der Waals surface area contributed by atoms with Crippen LogP contribution in [-0.2, 0) is 4.79 Å². The Hall–Kier alpha value is -1.42. The summed E-state index contributed by atoms with van der Waals surface area (Å²) in [5, 5.41) is 2.48. The summed E-state index contributed by atoms with van der Waals surface area (Å²) in [4.78, 5) is 11.0. The standard InChI is InChI=1S/C8H7FN2O/c9-4-1-2-5-6(3-4)11-8(12)7(5)10/h1-3,7H,10H2,(H,11,12). The van der Waals surface area contributed by atoms with Crippen LogP contribution in [0.5, 0.6) is 0 Å². The lowest BCUT2D eigenvalue weighted by atomic mass is 10.1. The molecular weight excluding hydrogens is 159 g/mol. The molecule has 1 amide bonds. The van der Waals surface area contributed by atoms with Crippen LogP contribution in [0.25, 0.3) is 0 Å². The van der Waals surface area contributed by atoms with E-state index in [0.717, 1.165) is 0 Å². The number of nitrogens with one attached hydrogen (secondary N) is 1. The third-order valence-corrected chi connectivity index (χ3v) is 1.89. The number of nitrogens with two attached hydrogens (primary N) is 1. The topological polar surface area (TPSA) is 55.1 Å². The Balaban J connectivity index is 2.54. The van der Waals surface area contributed by atoms with E-state index in [1.165, 1.54) is 18.2 Å². The van der Waals surface area contributed by atoms with E-state index >= 15 is 0 Å². The first-order valence-electron chi connectivity index (χ1n) is 3.54. The highest BCUT2D eigenvalue weighted by Crippen LogP contribution is 2.29. The maximum Gasteiger partial charge on any atom is 0.245 e. The fraction of sp³-hybridized carbons (Fsp3) is 0.125. The zero-order valence-electron chi connectivity index (χ0n) is 6.17. The maximum absolute atomic E-state index is 12.6. The predicted molar refractivity (Wildman–Crippen MR) is 42.0 cm³/mol. The van der Waals surface area contributed by atoms with Gasteiger partial charge in [0.05, 0.1) is 0 Å². The first-order chi connectivity index (χ1) is 5.68. The number of hydrogen-bond donors (Lipinski definition) is 2. The van der Waals surface area contributed by atoms with Gasteiger partial charge in [-0.2, -0.15) is 0 Å². The fourth-order valence-corrected chi connectivity index (χ4v) is 1.26. The molecule has 12 heavy (non-hydrogen) atoms. The van der Waals surface area contributed by atoms with Crippen molar-refractivity contribution in [2.45, 2.75) is 6.04 Å². The second kappa shape index (κ2) is 2.28. The van der Waals surface area contributed by atoms with Gasteiger partial charge in [-0.05, 0) is 12.1 Å². The quantitative estimate of drug-likeness (QED) is 0.598. The van der Waals surface area contributed by atoms with Crippen molar-refractivity contribution in [1.82, 2.24) is 0 Å². The fourth-order valence-electron chi connectivity index (χ4n) is 1.26. The summed E-state index contributed by atoms with van der Waals surface area (Å²) in [7, 11) is 0. The predicted octanol–water partition coefficient (Wildman–Crippen LogP) is 0.778. The van der Waals surface area contributed by atoms with Crippen LogP contribution >= 0.6 is 0 Å². The Morgan fingerprint density at radius 3 is 3.00 bits per heavy atom. The normalized spacial score (nSPS) is 20.5. The number of amides is 1. The molecule has 1 aromatic carbocycles. The van der Waals surface area contributed by atoms with Crippen LogP contribution in [-0.4, -0.2) is 5.91 Å². The molecule has 0 saturated carbocycles. The number of carbonyl (C=O) groups excluding carboxylic acids is 1. The molecule has 0 aliphatic carbocycles. The summed E-state index contributed by atoms with van der Waals surface area (Å²) in [6.45, 7) is 0. The van der Waals surface area contributed by atoms with Gasteiger partial charge in [0.25, 0.3) is 0 Å². The molecule has 0 spiro atoms. The Morgan fingerprint density at radius 2 is 2.25 bits per heavy atom. The molecule has 3 N–H and O–H groups in total. The lowest BCUT2D eigenvalue weighted by Crippen LogP contribution is -2.19. The van der Waals surface area contributed by atoms with Crippen LogP contribution in [0.15, 0.2) is 18.2 Å². The average Bonchev–Trinajstić information content (AvgIpc) is 2.28. The Morgan fingerprint density at radius 1 is 1.50 bits per heavy atom. The molecule has 3 nitrogen and oxygen atoms in total.